The van der Waals surface area contributed by atoms with E-state index >= 15 is 0 Å². The molecular weight excluding hydrogens is 312 g/mol. The van der Waals surface area contributed by atoms with Crippen molar-refractivity contribution in [3.63, 3.8) is 0 Å². The highest BCUT2D eigenvalue weighted by molar-refractivity contribution is 5.95. The maximum atomic E-state index is 12.3. The molecule has 2 aromatic carbocycles. The highest BCUT2D eigenvalue weighted by Gasteiger charge is 2.19. The first kappa shape index (κ1) is 17.1. The molecule has 2 aromatic rings. The lowest BCUT2D eigenvalue weighted by Crippen LogP contribution is -2.38. The van der Waals surface area contributed by atoms with Gasteiger partial charge in [-0.05, 0) is 49.9 Å². The largest absolute Gasteiger partial charge is 0.352 e. The molecule has 1 atom stereocenters. The Kier molecular flexibility index (Phi) is 4.79. The number of nitrogens with one attached hydrogen (secondary N) is 1. The van der Waals surface area contributed by atoms with Crippen molar-refractivity contribution in [2.24, 2.45) is 10.9 Å². The standard InChI is InChI=1S/C21H22N2O2/c1-13-6-4-5-7-17(13)21(25)22-11-10-16-12-18-14(2)8-9-15(3)19(18)23-20(16)24/h4-9,12,16H,10-11H2,1-3H3,(H,22,25). The van der Waals surface area contributed by atoms with Crippen molar-refractivity contribution in [1.82, 2.24) is 5.32 Å². The normalized spacial score (nSPS) is 15.8. The third-order valence-corrected chi connectivity index (χ3v) is 4.67. The number of aryl methyl sites for hydroxylation is 3. The molecule has 25 heavy (non-hydrogen) atoms. The summed E-state index contributed by atoms with van der Waals surface area (Å²) in [6.45, 7) is 6.34. The van der Waals surface area contributed by atoms with Gasteiger partial charge in [-0.15, -0.1) is 0 Å². The number of carbonyl (C=O) groups excluding carboxylic acids is 2. The summed E-state index contributed by atoms with van der Waals surface area (Å²) in [7, 11) is 0. The summed E-state index contributed by atoms with van der Waals surface area (Å²) >= 11 is 0. The summed E-state index contributed by atoms with van der Waals surface area (Å²) in [5.41, 5.74) is 3.74. The molecule has 1 heterocycles. The van der Waals surface area contributed by atoms with Gasteiger partial charge in [-0.25, -0.2) is 4.99 Å². The topological polar surface area (TPSA) is 58.5 Å². The van der Waals surface area contributed by atoms with E-state index in [9.17, 15) is 9.59 Å². The van der Waals surface area contributed by atoms with Gasteiger partial charge < -0.3 is 5.32 Å². The average Bonchev–Trinajstić information content (AvgIpc) is 2.59. The fourth-order valence-electron chi connectivity index (χ4n) is 3.11. The molecule has 1 unspecified atom stereocenters. The molecule has 0 saturated heterocycles. The molecule has 4 nitrogen and oxygen atoms in total. The predicted octanol–water partition coefficient (Wildman–Crippen LogP) is 1.99. The molecule has 0 saturated carbocycles. The third kappa shape index (κ3) is 3.53. The van der Waals surface area contributed by atoms with E-state index in [1.165, 1.54) is 0 Å². The second-order valence-electron chi connectivity index (χ2n) is 6.54. The van der Waals surface area contributed by atoms with Gasteiger partial charge in [0, 0.05) is 17.3 Å². The number of hydrogen-bond donors (Lipinski definition) is 1. The fraction of sp³-hybridized carbons (Fsp3) is 0.286. The van der Waals surface area contributed by atoms with Crippen LogP contribution in [0, 0.1) is 26.7 Å². The lowest BCUT2D eigenvalue weighted by molar-refractivity contribution is -0.120. The Labute approximate surface area is 147 Å². The van der Waals surface area contributed by atoms with Crippen molar-refractivity contribution in [2.75, 3.05) is 6.54 Å². The summed E-state index contributed by atoms with van der Waals surface area (Å²) < 4.78 is 0. The van der Waals surface area contributed by atoms with Crippen LogP contribution in [0.15, 0.2) is 41.4 Å². The van der Waals surface area contributed by atoms with Gasteiger partial charge in [0.1, 0.15) is 0 Å². The molecule has 1 aliphatic rings. The van der Waals surface area contributed by atoms with E-state index in [1.807, 2.05) is 57.2 Å². The number of hydrogen-bond acceptors (Lipinski definition) is 2. The monoisotopic (exact) mass is 334 g/mol. The Morgan fingerprint density at radius 1 is 1.04 bits per heavy atom. The van der Waals surface area contributed by atoms with Gasteiger partial charge in [0.05, 0.1) is 11.3 Å². The van der Waals surface area contributed by atoms with Crippen LogP contribution in [0.5, 0.6) is 0 Å². The van der Waals surface area contributed by atoms with Crippen LogP contribution in [0.4, 0.5) is 0 Å². The molecular formula is C21H22N2O2. The highest BCUT2D eigenvalue weighted by atomic mass is 16.2. The van der Waals surface area contributed by atoms with E-state index in [0.717, 1.165) is 27.3 Å². The lowest BCUT2D eigenvalue weighted by atomic mass is 9.97. The molecule has 4 heteroatoms. The quantitative estimate of drug-likeness (QED) is 0.929. The Hall–Kier alpha value is -2.75. The first-order chi connectivity index (χ1) is 12.0. The second kappa shape index (κ2) is 7.01. The SMILES string of the molecule is Cc1ccccc1C(=O)NCCC1C=c2c(C)ccc(C)c2=NC1=O. The summed E-state index contributed by atoms with van der Waals surface area (Å²) in [6.07, 6.45) is 2.54. The van der Waals surface area contributed by atoms with E-state index in [2.05, 4.69) is 10.3 Å². The van der Waals surface area contributed by atoms with E-state index in [4.69, 9.17) is 0 Å². The van der Waals surface area contributed by atoms with Gasteiger partial charge in [-0.2, -0.15) is 0 Å². The zero-order chi connectivity index (χ0) is 18.0. The minimum absolute atomic E-state index is 0.106. The summed E-state index contributed by atoms with van der Waals surface area (Å²) in [4.78, 5) is 28.8. The van der Waals surface area contributed by atoms with Crippen LogP contribution in [0.2, 0.25) is 0 Å². The highest BCUT2D eigenvalue weighted by Crippen LogP contribution is 2.11. The van der Waals surface area contributed by atoms with Crippen LogP contribution >= 0.6 is 0 Å². The van der Waals surface area contributed by atoms with Crippen molar-refractivity contribution in [3.8, 4) is 0 Å². The summed E-state index contributed by atoms with van der Waals surface area (Å²) in [5, 5.41) is 4.72. The molecule has 1 aliphatic heterocycles. The molecule has 3 rings (SSSR count). The van der Waals surface area contributed by atoms with Crippen molar-refractivity contribution in [3.05, 3.63) is 69.2 Å². The molecule has 0 bridgehead atoms. The number of nitrogens with zero attached hydrogens (tertiary/aromatic N) is 1. The Bertz CT molecular complexity index is 960. The fourth-order valence-corrected chi connectivity index (χ4v) is 3.11. The molecule has 128 valence electrons. The number of benzene rings is 2. The molecule has 2 amide bonds. The second-order valence-corrected chi connectivity index (χ2v) is 6.54. The lowest BCUT2D eigenvalue weighted by Gasteiger charge is -2.15. The maximum Gasteiger partial charge on any atom is 0.253 e. The molecule has 0 fully saturated rings. The third-order valence-electron chi connectivity index (χ3n) is 4.67. The van der Waals surface area contributed by atoms with E-state index in [1.54, 1.807) is 6.07 Å². The minimum atomic E-state index is -0.287. The smallest absolute Gasteiger partial charge is 0.253 e. The Balaban J connectivity index is 1.71. The van der Waals surface area contributed by atoms with Crippen LogP contribution in [-0.4, -0.2) is 18.4 Å². The van der Waals surface area contributed by atoms with Crippen LogP contribution in [0.25, 0.3) is 6.08 Å². The first-order valence-corrected chi connectivity index (χ1v) is 8.52. The zero-order valence-corrected chi connectivity index (χ0v) is 14.8. The number of fused-ring (bicyclic) bond motifs is 1. The molecule has 0 spiro atoms. The van der Waals surface area contributed by atoms with Crippen molar-refractivity contribution >= 4 is 17.9 Å². The Morgan fingerprint density at radius 2 is 1.76 bits per heavy atom. The average molecular weight is 334 g/mol. The summed E-state index contributed by atoms with van der Waals surface area (Å²) in [6, 6.07) is 11.5. The van der Waals surface area contributed by atoms with Gasteiger partial charge in [0.25, 0.3) is 11.8 Å². The van der Waals surface area contributed by atoms with Gasteiger partial charge in [0.2, 0.25) is 0 Å². The molecule has 0 aromatic heterocycles. The van der Waals surface area contributed by atoms with Gasteiger partial charge in [-0.3, -0.25) is 9.59 Å². The van der Waals surface area contributed by atoms with Crippen LogP contribution in [0.3, 0.4) is 0 Å². The minimum Gasteiger partial charge on any atom is -0.352 e. The summed E-state index contributed by atoms with van der Waals surface area (Å²) in [5.74, 6) is -0.526. The van der Waals surface area contributed by atoms with E-state index in [-0.39, 0.29) is 17.7 Å². The van der Waals surface area contributed by atoms with Gasteiger partial charge in [-0.1, -0.05) is 36.4 Å². The number of carbonyl (C=O) groups is 2. The number of rotatable bonds is 4. The van der Waals surface area contributed by atoms with E-state index < -0.39 is 0 Å². The van der Waals surface area contributed by atoms with Crippen LogP contribution in [0.1, 0.15) is 33.5 Å². The number of amides is 2. The maximum absolute atomic E-state index is 12.3. The Morgan fingerprint density at radius 3 is 2.52 bits per heavy atom. The van der Waals surface area contributed by atoms with Gasteiger partial charge >= 0.3 is 0 Å². The van der Waals surface area contributed by atoms with E-state index in [0.29, 0.717) is 18.5 Å². The van der Waals surface area contributed by atoms with Crippen LogP contribution < -0.4 is 15.9 Å². The van der Waals surface area contributed by atoms with Crippen molar-refractivity contribution < 1.29 is 9.59 Å². The van der Waals surface area contributed by atoms with Crippen LogP contribution in [-0.2, 0) is 4.79 Å². The first-order valence-electron chi connectivity index (χ1n) is 8.52. The van der Waals surface area contributed by atoms with Crippen molar-refractivity contribution in [1.29, 1.82) is 0 Å². The predicted molar refractivity (Wildman–Crippen MR) is 97.8 cm³/mol. The molecule has 1 N–H and O–H groups in total. The molecule has 0 aliphatic carbocycles. The van der Waals surface area contributed by atoms with Gasteiger partial charge in [0.15, 0.2) is 0 Å². The van der Waals surface area contributed by atoms with Crippen molar-refractivity contribution in [2.45, 2.75) is 27.2 Å². The molecule has 0 radical (unpaired) electrons. The zero-order valence-electron chi connectivity index (χ0n) is 14.8.